The van der Waals surface area contributed by atoms with E-state index < -0.39 is 5.82 Å². The Kier molecular flexibility index (Phi) is 4.84. The van der Waals surface area contributed by atoms with Crippen LogP contribution in [-0.4, -0.2) is 13.7 Å². The van der Waals surface area contributed by atoms with Crippen molar-refractivity contribution in [2.45, 2.75) is 20.1 Å². The summed E-state index contributed by atoms with van der Waals surface area (Å²) in [5, 5.41) is 3.60. The normalized spacial score (nSPS) is 11.4. The van der Waals surface area contributed by atoms with Crippen LogP contribution in [0.1, 0.15) is 18.2 Å². The van der Waals surface area contributed by atoms with Gasteiger partial charge in [0, 0.05) is 12.7 Å². The van der Waals surface area contributed by atoms with Gasteiger partial charge in [-0.2, -0.15) is 0 Å². The first kappa shape index (κ1) is 14.8. The van der Waals surface area contributed by atoms with Crippen LogP contribution in [0.15, 0.2) is 15.0 Å². The maximum Gasteiger partial charge on any atom is 0.153 e. The summed E-state index contributed by atoms with van der Waals surface area (Å²) in [6.07, 6.45) is 0. The first-order valence-corrected chi connectivity index (χ1v) is 7.04. The van der Waals surface area contributed by atoms with E-state index in [-0.39, 0.29) is 11.6 Å². The number of furan rings is 1. The van der Waals surface area contributed by atoms with Gasteiger partial charge in [0.1, 0.15) is 5.76 Å². The average Bonchev–Trinajstić information content (AvgIpc) is 2.74. The van der Waals surface area contributed by atoms with Crippen molar-refractivity contribution in [3.8, 4) is 0 Å². The van der Waals surface area contributed by atoms with Gasteiger partial charge in [-0.15, -0.1) is 0 Å². The molecule has 2 aromatic rings. The Morgan fingerprint density at radius 1 is 1.53 bits per heavy atom. The fourth-order valence-electron chi connectivity index (χ4n) is 1.95. The maximum atomic E-state index is 14.2. The lowest BCUT2D eigenvalue weighted by Gasteiger charge is -2.03. The zero-order valence-electron chi connectivity index (χ0n) is 10.6. The molecular weight excluding hydrogens is 337 g/mol. The molecule has 0 saturated heterocycles. The second kappa shape index (κ2) is 6.22. The van der Waals surface area contributed by atoms with E-state index in [2.05, 4.69) is 21.2 Å². The quantitative estimate of drug-likeness (QED) is 0.819. The molecular formula is C13H14BrClFNO2. The SMILES string of the molecule is CCNCc1oc2c(Br)cc(Cl)c(F)c2c1COC. The van der Waals surface area contributed by atoms with Gasteiger partial charge in [-0.1, -0.05) is 18.5 Å². The van der Waals surface area contributed by atoms with Crippen LogP contribution in [0.4, 0.5) is 4.39 Å². The second-order valence-corrected chi connectivity index (χ2v) is 5.34. The first-order chi connectivity index (χ1) is 9.10. The third kappa shape index (κ3) is 2.79. The highest BCUT2D eigenvalue weighted by Crippen LogP contribution is 2.37. The van der Waals surface area contributed by atoms with Gasteiger partial charge in [-0.25, -0.2) is 4.39 Å². The summed E-state index contributed by atoms with van der Waals surface area (Å²) in [5.41, 5.74) is 1.15. The Bertz CT molecular complexity index is 600. The van der Waals surface area contributed by atoms with Gasteiger partial charge in [0.05, 0.1) is 28.0 Å². The smallest absolute Gasteiger partial charge is 0.153 e. The molecule has 0 unspecified atom stereocenters. The molecule has 0 fully saturated rings. The molecule has 3 nitrogen and oxygen atoms in total. The minimum Gasteiger partial charge on any atom is -0.458 e. The fourth-order valence-corrected chi connectivity index (χ4v) is 2.79. The van der Waals surface area contributed by atoms with E-state index in [9.17, 15) is 4.39 Å². The number of halogens is 3. The van der Waals surface area contributed by atoms with Crippen LogP contribution in [0, 0.1) is 5.82 Å². The maximum absolute atomic E-state index is 14.2. The van der Waals surface area contributed by atoms with Crippen molar-refractivity contribution < 1.29 is 13.5 Å². The molecule has 0 aliphatic heterocycles. The monoisotopic (exact) mass is 349 g/mol. The predicted octanol–water partition coefficient (Wildman–Crippen LogP) is 4.24. The van der Waals surface area contributed by atoms with Crippen molar-refractivity contribution in [2.24, 2.45) is 0 Å². The summed E-state index contributed by atoms with van der Waals surface area (Å²) in [4.78, 5) is 0. The number of rotatable bonds is 5. The molecule has 2 rings (SSSR count). The van der Waals surface area contributed by atoms with E-state index in [4.69, 9.17) is 20.8 Å². The molecule has 0 spiro atoms. The molecule has 1 aromatic heterocycles. The number of nitrogens with one attached hydrogen (secondary N) is 1. The van der Waals surface area contributed by atoms with Gasteiger partial charge in [0.2, 0.25) is 0 Å². The average molecular weight is 351 g/mol. The number of hydrogen-bond acceptors (Lipinski definition) is 3. The highest BCUT2D eigenvalue weighted by atomic mass is 79.9. The van der Waals surface area contributed by atoms with Crippen molar-refractivity contribution in [2.75, 3.05) is 13.7 Å². The number of methoxy groups -OCH3 is 1. The van der Waals surface area contributed by atoms with Crippen LogP contribution < -0.4 is 5.32 Å². The van der Waals surface area contributed by atoms with Crippen LogP contribution in [0.2, 0.25) is 5.02 Å². The minimum absolute atomic E-state index is 0.0625. The van der Waals surface area contributed by atoms with E-state index in [0.29, 0.717) is 33.3 Å². The lowest BCUT2D eigenvalue weighted by Crippen LogP contribution is -2.12. The van der Waals surface area contributed by atoms with E-state index in [0.717, 1.165) is 6.54 Å². The van der Waals surface area contributed by atoms with Gasteiger partial charge < -0.3 is 14.5 Å². The molecule has 19 heavy (non-hydrogen) atoms. The zero-order chi connectivity index (χ0) is 14.0. The van der Waals surface area contributed by atoms with Crippen molar-refractivity contribution in [3.63, 3.8) is 0 Å². The van der Waals surface area contributed by atoms with Crippen LogP contribution >= 0.6 is 27.5 Å². The molecule has 0 atom stereocenters. The molecule has 0 amide bonds. The van der Waals surface area contributed by atoms with Crippen molar-refractivity contribution in [1.29, 1.82) is 0 Å². The van der Waals surface area contributed by atoms with E-state index in [1.165, 1.54) is 6.07 Å². The second-order valence-electron chi connectivity index (χ2n) is 4.08. The first-order valence-electron chi connectivity index (χ1n) is 5.87. The van der Waals surface area contributed by atoms with Crippen molar-refractivity contribution in [3.05, 3.63) is 32.7 Å². The third-order valence-corrected chi connectivity index (χ3v) is 3.68. The highest BCUT2D eigenvalue weighted by Gasteiger charge is 2.21. The molecule has 0 bridgehead atoms. The predicted molar refractivity (Wildman–Crippen MR) is 77.0 cm³/mol. The molecule has 104 valence electrons. The van der Waals surface area contributed by atoms with Crippen molar-refractivity contribution >= 4 is 38.5 Å². The zero-order valence-corrected chi connectivity index (χ0v) is 13.0. The number of benzene rings is 1. The minimum atomic E-state index is -0.474. The Morgan fingerprint density at radius 3 is 2.89 bits per heavy atom. The van der Waals surface area contributed by atoms with Gasteiger partial charge >= 0.3 is 0 Å². The van der Waals surface area contributed by atoms with Gasteiger partial charge in [0.15, 0.2) is 11.4 Å². The molecule has 0 radical (unpaired) electrons. The van der Waals surface area contributed by atoms with Crippen LogP contribution in [0.25, 0.3) is 11.0 Å². The highest BCUT2D eigenvalue weighted by molar-refractivity contribution is 9.10. The standard InChI is InChI=1S/C13H14BrClFNO2/c1-3-17-5-10-7(6-18-2)11-12(16)9(15)4-8(14)13(11)19-10/h4,17H,3,5-6H2,1-2H3. The Balaban J connectivity index is 2.66. The molecule has 0 aliphatic rings. The summed E-state index contributed by atoms with van der Waals surface area (Å²) in [6.45, 7) is 3.59. The number of fused-ring (bicyclic) bond motifs is 1. The molecule has 1 heterocycles. The van der Waals surface area contributed by atoms with Crippen LogP contribution in [0.5, 0.6) is 0 Å². The Labute approximate surface area is 124 Å². The molecule has 0 aliphatic carbocycles. The van der Waals surface area contributed by atoms with Crippen molar-refractivity contribution in [1.82, 2.24) is 5.32 Å². The van der Waals surface area contributed by atoms with Gasteiger partial charge in [-0.3, -0.25) is 0 Å². The largest absolute Gasteiger partial charge is 0.458 e. The topological polar surface area (TPSA) is 34.4 Å². The van der Waals surface area contributed by atoms with E-state index in [1.54, 1.807) is 7.11 Å². The lowest BCUT2D eigenvalue weighted by atomic mass is 10.1. The summed E-state index contributed by atoms with van der Waals surface area (Å²) in [5.74, 6) is 0.194. The summed E-state index contributed by atoms with van der Waals surface area (Å²) in [6, 6.07) is 1.50. The Morgan fingerprint density at radius 2 is 2.26 bits per heavy atom. The van der Waals surface area contributed by atoms with E-state index >= 15 is 0 Å². The molecule has 0 saturated carbocycles. The number of hydrogen-bond donors (Lipinski definition) is 1. The fraction of sp³-hybridized carbons (Fsp3) is 0.385. The molecule has 6 heteroatoms. The molecule has 1 N–H and O–H groups in total. The number of ether oxygens (including phenoxy) is 1. The van der Waals surface area contributed by atoms with Crippen LogP contribution in [0.3, 0.4) is 0 Å². The van der Waals surface area contributed by atoms with Crippen LogP contribution in [-0.2, 0) is 17.9 Å². The molecule has 1 aromatic carbocycles. The Hall–Kier alpha value is -0.620. The summed E-state index contributed by atoms with van der Waals surface area (Å²) >= 11 is 9.22. The van der Waals surface area contributed by atoms with E-state index in [1.807, 2.05) is 6.92 Å². The summed E-state index contributed by atoms with van der Waals surface area (Å²) < 4.78 is 25.7. The third-order valence-electron chi connectivity index (χ3n) is 2.81. The lowest BCUT2D eigenvalue weighted by molar-refractivity contribution is 0.183. The summed E-state index contributed by atoms with van der Waals surface area (Å²) in [7, 11) is 1.56. The van der Waals surface area contributed by atoms with Gasteiger partial charge in [-0.05, 0) is 28.5 Å². The van der Waals surface area contributed by atoms with Gasteiger partial charge in [0.25, 0.3) is 0 Å².